The molecule has 5 heteroatoms. The Morgan fingerprint density at radius 1 is 1.18 bits per heavy atom. The second-order valence-corrected chi connectivity index (χ2v) is 5.59. The van der Waals surface area contributed by atoms with Crippen molar-refractivity contribution < 1.29 is 14.3 Å². The number of hydrogen-bond donors (Lipinski definition) is 2. The number of urea groups is 1. The van der Waals surface area contributed by atoms with Gasteiger partial charge in [-0.3, -0.25) is 0 Å². The van der Waals surface area contributed by atoms with E-state index in [1.54, 1.807) is 19.2 Å². The molecular formula is C17H26N2O3. The van der Waals surface area contributed by atoms with Gasteiger partial charge in [-0.2, -0.15) is 0 Å². The first-order valence-corrected chi connectivity index (χ1v) is 8.11. The minimum atomic E-state index is -0.153. The van der Waals surface area contributed by atoms with Crippen molar-refractivity contribution in [3.05, 3.63) is 18.2 Å². The summed E-state index contributed by atoms with van der Waals surface area (Å²) < 4.78 is 10.8. The zero-order valence-corrected chi connectivity index (χ0v) is 13.5. The van der Waals surface area contributed by atoms with Gasteiger partial charge in [-0.05, 0) is 31.9 Å². The molecular weight excluding hydrogens is 280 g/mol. The van der Waals surface area contributed by atoms with Crippen LogP contribution in [0.25, 0.3) is 0 Å². The molecule has 22 heavy (non-hydrogen) atoms. The fraction of sp³-hybridized carbons (Fsp3) is 0.588. The molecule has 1 aromatic rings. The molecule has 2 amide bonds. The van der Waals surface area contributed by atoms with Crippen molar-refractivity contribution in [2.75, 3.05) is 19.0 Å². The predicted molar refractivity (Wildman–Crippen MR) is 87.8 cm³/mol. The zero-order valence-electron chi connectivity index (χ0n) is 13.5. The smallest absolute Gasteiger partial charge is 0.319 e. The maximum atomic E-state index is 12.1. The maximum Gasteiger partial charge on any atom is 0.319 e. The van der Waals surface area contributed by atoms with Gasteiger partial charge < -0.3 is 20.1 Å². The molecule has 5 nitrogen and oxygen atoms in total. The first kappa shape index (κ1) is 16.5. The van der Waals surface area contributed by atoms with Crippen LogP contribution in [-0.4, -0.2) is 25.8 Å². The Hall–Kier alpha value is -1.91. The van der Waals surface area contributed by atoms with Crippen LogP contribution in [0.1, 0.15) is 45.4 Å². The quantitative estimate of drug-likeness (QED) is 0.810. The van der Waals surface area contributed by atoms with Crippen LogP contribution in [0.4, 0.5) is 10.5 Å². The summed E-state index contributed by atoms with van der Waals surface area (Å²) in [6, 6.07) is 5.53. The summed E-state index contributed by atoms with van der Waals surface area (Å²) >= 11 is 0. The summed E-state index contributed by atoms with van der Waals surface area (Å²) in [5, 5.41) is 5.94. The number of rotatable bonds is 5. The molecule has 0 atom stereocenters. The number of hydrogen-bond acceptors (Lipinski definition) is 3. The molecule has 2 N–H and O–H groups in total. The lowest BCUT2D eigenvalue weighted by Gasteiger charge is -2.17. The molecule has 0 unspecified atom stereocenters. The van der Waals surface area contributed by atoms with Gasteiger partial charge in [-0.25, -0.2) is 4.79 Å². The second-order valence-electron chi connectivity index (χ2n) is 5.59. The number of carbonyl (C=O) groups is 1. The topological polar surface area (TPSA) is 59.6 Å². The number of amides is 2. The van der Waals surface area contributed by atoms with Crippen LogP contribution in [0.5, 0.6) is 11.5 Å². The van der Waals surface area contributed by atoms with E-state index in [1.807, 2.05) is 13.0 Å². The molecule has 0 radical (unpaired) electrons. The Bertz CT molecular complexity index is 483. The summed E-state index contributed by atoms with van der Waals surface area (Å²) in [5.74, 6) is 1.30. The predicted octanol–water partition coefficient (Wildman–Crippen LogP) is 3.94. The Kier molecular flexibility index (Phi) is 6.37. The highest BCUT2D eigenvalue weighted by molar-refractivity contribution is 5.89. The third-order valence-electron chi connectivity index (χ3n) is 3.91. The van der Waals surface area contributed by atoms with E-state index in [9.17, 15) is 4.79 Å². The average molecular weight is 306 g/mol. The minimum Gasteiger partial charge on any atom is -0.493 e. The highest BCUT2D eigenvalue weighted by Crippen LogP contribution is 2.30. The summed E-state index contributed by atoms with van der Waals surface area (Å²) in [6.45, 7) is 2.46. The number of benzene rings is 1. The molecule has 1 aliphatic carbocycles. The van der Waals surface area contributed by atoms with Gasteiger partial charge >= 0.3 is 6.03 Å². The molecule has 0 bridgehead atoms. The first-order chi connectivity index (χ1) is 10.7. The monoisotopic (exact) mass is 306 g/mol. The fourth-order valence-electron chi connectivity index (χ4n) is 2.80. The largest absolute Gasteiger partial charge is 0.493 e. The highest BCUT2D eigenvalue weighted by Gasteiger charge is 2.15. The van der Waals surface area contributed by atoms with E-state index in [0.717, 1.165) is 12.8 Å². The van der Waals surface area contributed by atoms with E-state index in [0.29, 0.717) is 23.8 Å². The van der Waals surface area contributed by atoms with Crippen LogP contribution in [0.2, 0.25) is 0 Å². The average Bonchev–Trinajstić information content (AvgIpc) is 2.76. The van der Waals surface area contributed by atoms with Crippen LogP contribution in [-0.2, 0) is 0 Å². The summed E-state index contributed by atoms with van der Waals surface area (Å²) in [5.41, 5.74) is 0.704. The van der Waals surface area contributed by atoms with Crippen LogP contribution >= 0.6 is 0 Å². The van der Waals surface area contributed by atoms with Gasteiger partial charge in [0.05, 0.1) is 13.7 Å². The van der Waals surface area contributed by atoms with E-state index >= 15 is 0 Å². The Balaban J connectivity index is 1.94. The van der Waals surface area contributed by atoms with Crippen molar-refractivity contribution in [3.8, 4) is 11.5 Å². The molecule has 1 fully saturated rings. The summed E-state index contributed by atoms with van der Waals surface area (Å²) in [6.07, 6.45) is 7.08. The molecule has 2 rings (SSSR count). The van der Waals surface area contributed by atoms with Gasteiger partial charge in [0.1, 0.15) is 0 Å². The number of carbonyl (C=O) groups excluding carboxylic acids is 1. The van der Waals surface area contributed by atoms with Crippen molar-refractivity contribution in [1.82, 2.24) is 5.32 Å². The number of ether oxygens (including phenoxy) is 2. The van der Waals surface area contributed by atoms with Crippen LogP contribution in [0, 0.1) is 0 Å². The van der Waals surface area contributed by atoms with Crippen molar-refractivity contribution in [1.29, 1.82) is 0 Å². The Morgan fingerprint density at radius 2 is 1.91 bits per heavy atom. The molecule has 1 aromatic carbocycles. The maximum absolute atomic E-state index is 12.1. The fourth-order valence-corrected chi connectivity index (χ4v) is 2.80. The Morgan fingerprint density at radius 3 is 2.55 bits per heavy atom. The molecule has 1 saturated carbocycles. The zero-order chi connectivity index (χ0) is 15.8. The first-order valence-electron chi connectivity index (χ1n) is 8.11. The van der Waals surface area contributed by atoms with Crippen LogP contribution in [0.15, 0.2) is 18.2 Å². The van der Waals surface area contributed by atoms with Gasteiger partial charge in [0.2, 0.25) is 0 Å². The standard InChI is InChI=1S/C17H26N2O3/c1-3-22-16-12-14(10-11-15(16)21-2)19-17(20)18-13-8-6-4-5-7-9-13/h10-13H,3-9H2,1-2H3,(H2,18,19,20). The van der Waals surface area contributed by atoms with Crippen molar-refractivity contribution in [2.24, 2.45) is 0 Å². The van der Waals surface area contributed by atoms with Crippen molar-refractivity contribution >= 4 is 11.7 Å². The highest BCUT2D eigenvalue weighted by atomic mass is 16.5. The Labute approximate surface area is 132 Å². The lowest BCUT2D eigenvalue weighted by molar-refractivity contribution is 0.247. The van der Waals surface area contributed by atoms with E-state index in [1.165, 1.54) is 25.7 Å². The summed E-state index contributed by atoms with van der Waals surface area (Å²) in [4.78, 5) is 12.1. The van der Waals surface area contributed by atoms with Gasteiger partial charge in [0, 0.05) is 17.8 Å². The number of anilines is 1. The van der Waals surface area contributed by atoms with Crippen LogP contribution in [0.3, 0.4) is 0 Å². The van der Waals surface area contributed by atoms with Gasteiger partial charge in [0.15, 0.2) is 11.5 Å². The van der Waals surface area contributed by atoms with Crippen molar-refractivity contribution in [3.63, 3.8) is 0 Å². The van der Waals surface area contributed by atoms with E-state index in [-0.39, 0.29) is 12.1 Å². The van der Waals surface area contributed by atoms with Crippen molar-refractivity contribution in [2.45, 2.75) is 51.5 Å². The minimum absolute atomic E-state index is 0.153. The van der Waals surface area contributed by atoms with E-state index < -0.39 is 0 Å². The SMILES string of the molecule is CCOc1cc(NC(=O)NC2CCCCCC2)ccc1OC. The van der Waals surface area contributed by atoms with Gasteiger partial charge in [-0.15, -0.1) is 0 Å². The third-order valence-corrected chi connectivity index (χ3v) is 3.91. The molecule has 0 aromatic heterocycles. The molecule has 0 saturated heterocycles. The second kappa shape index (κ2) is 8.51. The molecule has 0 heterocycles. The molecule has 122 valence electrons. The normalized spacial score (nSPS) is 15.7. The van der Waals surface area contributed by atoms with E-state index in [4.69, 9.17) is 9.47 Å². The molecule has 1 aliphatic rings. The molecule has 0 spiro atoms. The number of nitrogens with one attached hydrogen (secondary N) is 2. The molecule has 0 aliphatic heterocycles. The third kappa shape index (κ3) is 4.83. The van der Waals surface area contributed by atoms with E-state index in [2.05, 4.69) is 10.6 Å². The van der Waals surface area contributed by atoms with Gasteiger partial charge in [-0.1, -0.05) is 25.7 Å². The summed E-state index contributed by atoms with van der Waals surface area (Å²) in [7, 11) is 1.60. The number of methoxy groups -OCH3 is 1. The van der Waals surface area contributed by atoms with Gasteiger partial charge in [0.25, 0.3) is 0 Å². The lowest BCUT2D eigenvalue weighted by atomic mass is 10.1. The lowest BCUT2D eigenvalue weighted by Crippen LogP contribution is -2.37. The van der Waals surface area contributed by atoms with Crippen LogP contribution < -0.4 is 20.1 Å².